The van der Waals surface area contributed by atoms with Gasteiger partial charge in [-0.2, -0.15) is 0 Å². The second-order valence-corrected chi connectivity index (χ2v) is 4.26. The minimum Gasteiger partial charge on any atom is -0.493 e. The molecule has 1 heterocycles. The van der Waals surface area contributed by atoms with E-state index in [2.05, 4.69) is 17.9 Å². The molecule has 1 aliphatic heterocycles. The van der Waals surface area contributed by atoms with E-state index in [1.54, 1.807) is 14.2 Å². The molecule has 0 atom stereocenters. The first-order valence-electron chi connectivity index (χ1n) is 4.60. The van der Waals surface area contributed by atoms with Crippen LogP contribution in [0.3, 0.4) is 0 Å². The van der Waals surface area contributed by atoms with E-state index in [1.807, 2.05) is 0 Å². The molecule has 0 saturated carbocycles. The van der Waals surface area contributed by atoms with Crippen LogP contribution in [0.2, 0.25) is 0 Å². The summed E-state index contributed by atoms with van der Waals surface area (Å²) in [5, 5.41) is 0. The van der Waals surface area contributed by atoms with Gasteiger partial charge >= 0.3 is 0 Å². The predicted molar refractivity (Wildman–Crippen MR) is 60.2 cm³/mol. The first kappa shape index (κ1) is 9.54. The Morgan fingerprint density at radius 3 is 2.57 bits per heavy atom. The van der Waals surface area contributed by atoms with E-state index in [0.717, 1.165) is 17.9 Å². The predicted octanol–water partition coefficient (Wildman–Crippen LogP) is 2.36. The topological polar surface area (TPSA) is 18.5 Å². The Hall–Kier alpha value is -1.01. The summed E-state index contributed by atoms with van der Waals surface area (Å²) in [7, 11) is 4.74. The van der Waals surface area contributed by atoms with Crippen LogP contribution in [0.5, 0.6) is 11.5 Å². The van der Waals surface area contributed by atoms with Crippen LogP contribution < -0.4 is 9.47 Å². The monoisotopic (exact) mass is 208 g/mol. The SMILES string of the molecule is COc1cc2c(cc1OC)CCP=C2. The fraction of sp³-hybridized carbons (Fsp3) is 0.364. The molecule has 0 amide bonds. The zero-order valence-electron chi connectivity index (χ0n) is 8.41. The first-order valence-corrected chi connectivity index (χ1v) is 5.74. The lowest BCUT2D eigenvalue weighted by molar-refractivity contribution is 0.354. The van der Waals surface area contributed by atoms with Gasteiger partial charge in [-0.15, -0.1) is 8.20 Å². The maximum atomic E-state index is 5.26. The molecule has 2 nitrogen and oxygen atoms in total. The molecule has 14 heavy (non-hydrogen) atoms. The maximum Gasteiger partial charge on any atom is 0.161 e. The van der Waals surface area contributed by atoms with E-state index in [0.29, 0.717) is 0 Å². The molecule has 3 heteroatoms. The van der Waals surface area contributed by atoms with Gasteiger partial charge in [0.15, 0.2) is 11.5 Å². The summed E-state index contributed by atoms with van der Waals surface area (Å²) in [6.07, 6.45) is 2.34. The highest BCUT2D eigenvalue weighted by Gasteiger charge is 2.11. The van der Waals surface area contributed by atoms with Crippen LogP contribution in [0.25, 0.3) is 0 Å². The Bertz CT molecular complexity index is 372. The summed E-state index contributed by atoms with van der Waals surface area (Å²) in [6.45, 7) is 0. The zero-order valence-corrected chi connectivity index (χ0v) is 9.30. The van der Waals surface area contributed by atoms with Crippen LogP contribution in [0, 0.1) is 0 Å². The van der Waals surface area contributed by atoms with E-state index in [1.165, 1.54) is 25.5 Å². The molecule has 1 aliphatic rings. The Labute approximate surface area is 85.7 Å². The Balaban J connectivity index is 2.50. The average molecular weight is 208 g/mol. The van der Waals surface area contributed by atoms with E-state index >= 15 is 0 Å². The fourth-order valence-corrected chi connectivity index (χ4v) is 2.56. The molecule has 0 N–H and O–H groups in total. The van der Waals surface area contributed by atoms with Gasteiger partial charge in [0.2, 0.25) is 0 Å². The fourth-order valence-electron chi connectivity index (χ4n) is 1.62. The van der Waals surface area contributed by atoms with Crippen LogP contribution in [-0.4, -0.2) is 26.2 Å². The summed E-state index contributed by atoms with van der Waals surface area (Å²) in [6, 6.07) is 4.14. The minimum atomic E-state index is 0.819. The quantitative estimate of drug-likeness (QED) is 0.694. The highest BCUT2D eigenvalue weighted by molar-refractivity contribution is 7.39. The lowest BCUT2D eigenvalue weighted by atomic mass is 10.1. The number of hydrogen-bond donors (Lipinski definition) is 0. The van der Waals surface area contributed by atoms with Crippen molar-refractivity contribution in [1.29, 1.82) is 0 Å². The molecule has 0 unspecified atom stereocenters. The van der Waals surface area contributed by atoms with Crippen molar-refractivity contribution in [3.8, 4) is 11.5 Å². The van der Waals surface area contributed by atoms with Gasteiger partial charge in [0, 0.05) is 0 Å². The van der Waals surface area contributed by atoms with Crippen LogP contribution in [-0.2, 0) is 6.42 Å². The first-order chi connectivity index (χ1) is 6.85. The maximum absolute atomic E-state index is 5.26. The summed E-state index contributed by atoms with van der Waals surface area (Å²) in [5.41, 5.74) is 2.65. The summed E-state index contributed by atoms with van der Waals surface area (Å²) >= 11 is 0. The number of hydrogen-bond acceptors (Lipinski definition) is 2. The molecule has 0 bridgehead atoms. The zero-order chi connectivity index (χ0) is 9.97. The van der Waals surface area contributed by atoms with Crippen LogP contribution in [0.15, 0.2) is 12.1 Å². The second kappa shape index (κ2) is 4.02. The van der Waals surface area contributed by atoms with Gasteiger partial charge in [0.05, 0.1) is 14.2 Å². The Morgan fingerprint density at radius 1 is 1.14 bits per heavy atom. The molecule has 74 valence electrons. The summed E-state index contributed by atoms with van der Waals surface area (Å²) in [4.78, 5) is 0. The number of methoxy groups -OCH3 is 2. The van der Waals surface area contributed by atoms with Crippen molar-refractivity contribution in [1.82, 2.24) is 0 Å². The van der Waals surface area contributed by atoms with E-state index in [-0.39, 0.29) is 0 Å². The van der Waals surface area contributed by atoms with Gasteiger partial charge in [-0.3, -0.25) is 0 Å². The van der Waals surface area contributed by atoms with Crippen molar-refractivity contribution in [2.45, 2.75) is 6.42 Å². The third-order valence-corrected chi connectivity index (χ3v) is 3.33. The highest BCUT2D eigenvalue weighted by atomic mass is 31.1. The van der Waals surface area contributed by atoms with Crippen LogP contribution in [0.4, 0.5) is 0 Å². The van der Waals surface area contributed by atoms with Gasteiger partial charge < -0.3 is 9.47 Å². The number of benzene rings is 1. The van der Waals surface area contributed by atoms with Crippen molar-refractivity contribution < 1.29 is 9.47 Å². The lowest BCUT2D eigenvalue weighted by Gasteiger charge is -2.14. The molecule has 0 radical (unpaired) electrons. The number of rotatable bonds is 2. The third kappa shape index (κ3) is 1.62. The number of fused-ring (bicyclic) bond motifs is 1. The molecule has 0 saturated heterocycles. The van der Waals surface area contributed by atoms with Crippen molar-refractivity contribution in [3.05, 3.63) is 23.3 Å². The van der Waals surface area contributed by atoms with E-state index in [9.17, 15) is 0 Å². The van der Waals surface area contributed by atoms with E-state index < -0.39 is 0 Å². The summed E-state index contributed by atoms with van der Waals surface area (Å²) < 4.78 is 10.5. The van der Waals surface area contributed by atoms with Crippen molar-refractivity contribution in [2.24, 2.45) is 0 Å². The van der Waals surface area contributed by atoms with Gasteiger partial charge in [-0.05, 0) is 41.6 Å². The molecule has 2 rings (SSSR count). The van der Waals surface area contributed by atoms with Crippen molar-refractivity contribution >= 4 is 14.0 Å². The Kier molecular flexibility index (Phi) is 2.74. The molecular weight excluding hydrogens is 195 g/mol. The van der Waals surface area contributed by atoms with Gasteiger partial charge in [0.25, 0.3) is 0 Å². The molecule has 1 aromatic rings. The van der Waals surface area contributed by atoms with Gasteiger partial charge in [0.1, 0.15) is 0 Å². The highest BCUT2D eigenvalue weighted by Crippen LogP contribution is 2.32. The standard InChI is InChI=1S/C11H13O2P/c1-12-10-5-8-3-4-14-7-9(8)6-11(10)13-2/h5-7H,3-4H2,1-2H3. The number of aryl methyl sites for hydroxylation is 1. The summed E-state index contributed by atoms with van der Waals surface area (Å²) in [5.74, 6) is 3.89. The van der Waals surface area contributed by atoms with Crippen LogP contribution >= 0.6 is 8.20 Å². The van der Waals surface area contributed by atoms with Crippen molar-refractivity contribution in [3.63, 3.8) is 0 Å². The molecule has 0 fully saturated rings. The van der Waals surface area contributed by atoms with Gasteiger partial charge in [-0.25, -0.2) is 0 Å². The Morgan fingerprint density at radius 2 is 1.86 bits per heavy atom. The average Bonchev–Trinajstić information content (AvgIpc) is 2.27. The minimum absolute atomic E-state index is 0.819. The van der Waals surface area contributed by atoms with Crippen molar-refractivity contribution in [2.75, 3.05) is 20.4 Å². The number of ether oxygens (including phenoxy) is 2. The molecular formula is C11H13O2P. The molecule has 0 aliphatic carbocycles. The van der Waals surface area contributed by atoms with Gasteiger partial charge in [-0.1, -0.05) is 0 Å². The third-order valence-electron chi connectivity index (χ3n) is 2.39. The molecule has 0 spiro atoms. The van der Waals surface area contributed by atoms with E-state index in [4.69, 9.17) is 9.47 Å². The largest absolute Gasteiger partial charge is 0.493 e. The normalized spacial score (nSPS) is 14.7. The smallest absolute Gasteiger partial charge is 0.161 e. The molecule has 1 aromatic carbocycles. The van der Waals surface area contributed by atoms with Crippen LogP contribution in [0.1, 0.15) is 11.1 Å². The lowest BCUT2D eigenvalue weighted by Crippen LogP contribution is -2.01. The second-order valence-electron chi connectivity index (χ2n) is 3.19. The molecule has 0 aromatic heterocycles.